The highest BCUT2D eigenvalue weighted by Crippen LogP contribution is 2.32. The summed E-state index contributed by atoms with van der Waals surface area (Å²) >= 11 is 1.34. The van der Waals surface area contributed by atoms with Crippen molar-refractivity contribution in [1.29, 1.82) is 0 Å². The van der Waals surface area contributed by atoms with Crippen molar-refractivity contribution in [1.82, 2.24) is 9.88 Å². The lowest BCUT2D eigenvalue weighted by molar-refractivity contribution is -0.384. The van der Waals surface area contributed by atoms with Crippen LogP contribution in [0.3, 0.4) is 0 Å². The van der Waals surface area contributed by atoms with Gasteiger partial charge in [0.1, 0.15) is 5.69 Å². The zero-order chi connectivity index (χ0) is 18.7. The number of aromatic nitrogens is 1. The Labute approximate surface area is 155 Å². The van der Waals surface area contributed by atoms with Crippen molar-refractivity contribution in [3.05, 3.63) is 45.0 Å². The molecule has 1 aromatic heterocycles. The number of rotatable bonds is 6. The Morgan fingerprint density at radius 3 is 2.77 bits per heavy atom. The largest absolute Gasteiger partial charge is 0.366 e. The average Bonchev–Trinajstić information content (AvgIpc) is 3.25. The standard InChI is InChI=1S/C17H21N5O3S/c1-20(2)10-13-11-26-17(18-13)19-16(23)12-5-6-14(15(9-12)22(24)25)21-7-3-4-8-21/h5-6,9,11H,3-4,7-8,10H2,1-2H3,(H,18,19,23). The predicted molar refractivity (Wildman–Crippen MR) is 102 cm³/mol. The molecule has 9 heteroatoms. The Hall–Kier alpha value is -2.52. The van der Waals surface area contributed by atoms with Crippen molar-refractivity contribution >= 4 is 33.8 Å². The van der Waals surface area contributed by atoms with Gasteiger partial charge < -0.3 is 9.80 Å². The molecule has 138 valence electrons. The molecule has 1 aliphatic rings. The fourth-order valence-corrected chi connectivity index (χ4v) is 3.66. The van der Waals surface area contributed by atoms with Gasteiger partial charge >= 0.3 is 0 Å². The molecule has 0 spiro atoms. The number of amides is 1. The summed E-state index contributed by atoms with van der Waals surface area (Å²) in [5.74, 6) is -0.396. The molecule has 1 fully saturated rings. The van der Waals surface area contributed by atoms with Crippen molar-refractivity contribution in [2.45, 2.75) is 19.4 Å². The summed E-state index contributed by atoms with van der Waals surface area (Å²) in [4.78, 5) is 31.8. The molecule has 0 atom stereocenters. The summed E-state index contributed by atoms with van der Waals surface area (Å²) in [5, 5.41) is 16.5. The van der Waals surface area contributed by atoms with E-state index in [9.17, 15) is 14.9 Å². The van der Waals surface area contributed by atoms with Gasteiger partial charge in [0.25, 0.3) is 11.6 Å². The van der Waals surface area contributed by atoms with E-state index in [-0.39, 0.29) is 11.3 Å². The monoisotopic (exact) mass is 375 g/mol. The Balaban J connectivity index is 1.77. The first kappa shape index (κ1) is 18.3. The van der Waals surface area contributed by atoms with Crippen LogP contribution in [0.15, 0.2) is 23.6 Å². The molecule has 0 unspecified atom stereocenters. The van der Waals surface area contributed by atoms with Gasteiger partial charge in [0, 0.05) is 36.6 Å². The molecule has 2 heterocycles. The van der Waals surface area contributed by atoms with Gasteiger partial charge in [-0.1, -0.05) is 0 Å². The van der Waals surface area contributed by atoms with E-state index in [0.29, 0.717) is 17.4 Å². The van der Waals surface area contributed by atoms with Crippen LogP contribution in [0.1, 0.15) is 28.9 Å². The Morgan fingerprint density at radius 1 is 1.38 bits per heavy atom. The van der Waals surface area contributed by atoms with Crippen LogP contribution in [-0.4, -0.2) is 47.9 Å². The van der Waals surface area contributed by atoms with Crippen molar-refractivity contribution in [2.75, 3.05) is 37.4 Å². The molecule has 1 aliphatic heterocycles. The van der Waals surface area contributed by atoms with Crippen molar-refractivity contribution in [3.8, 4) is 0 Å². The van der Waals surface area contributed by atoms with E-state index in [1.807, 2.05) is 29.3 Å². The second-order valence-electron chi connectivity index (χ2n) is 6.49. The number of hydrogen-bond acceptors (Lipinski definition) is 7. The number of carbonyl (C=O) groups excluding carboxylic acids is 1. The maximum absolute atomic E-state index is 12.5. The Bertz CT molecular complexity index is 814. The Kier molecular flexibility index (Phi) is 5.48. The van der Waals surface area contributed by atoms with Crippen LogP contribution in [-0.2, 0) is 6.54 Å². The lowest BCUT2D eigenvalue weighted by atomic mass is 10.1. The number of nitro groups is 1. The third-order valence-corrected chi connectivity index (χ3v) is 4.94. The van der Waals surface area contributed by atoms with Gasteiger partial charge in [-0.3, -0.25) is 20.2 Å². The fraction of sp³-hybridized carbons (Fsp3) is 0.412. The highest BCUT2D eigenvalue weighted by atomic mass is 32.1. The van der Waals surface area contributed by atoms with E-state index < -0.39 is 10.8 Å². The lowest BCUT2D eigenvalue weighted by Gasteiger charge is -2.17. The van der Waals surface area contributed by atoms with E-state index in [0.717, 1.165) is 31.6 Å². The zero-order valence-electron chi connectivity index (χ0n) is 14.8. The highest BCUT2D eigenvalue weighted by Gasteiger charge is 2.24. The van der Waals surface area contributed by atoms with Gasteiger partial charge in [-0.05, 0) is 39.1 Å². The van der Waals surface area contributed by atoms with Crippen molar-refractivity contribution < 1.29 is 9.72 Å². The second kappa shape index (κ2) is 7.79. The van der Waals surface area contributed by atoms with E-state index in [4.69, 9.17) is 0 Å². The number of hydrogen-bond donors (Lipinski definition) is 1. The summed E-state index contributed by atoms with van der Waals surface area (Å²) in [6, 6.07) is 4.64. The number of thiazole rings is 1. The SMILES string of the molecule is CN(C)Cc1csc(NC(=O)c2ccc(N3CCCC3)c([N+](=O)[O-])c2)n1. The molecule has 1 saturated heterocycles. The minimum Gasteiger partial charge on any atom is -0.366 e. The summed E-state index contributed by atoms with van der Waals surface area (Å²) in [7, 11) is 3.89. The van der Waals surface area contributed by atoms with Gasteiger partial charge in [-0.25, -0.2) is 4.98 Å². The molecule has 26 heavy (non-hydrogen) atoms. The van der Waals surface area contributed by atoms with Crippen LogP contribution < -0.4 is 10.2 Å². The Morgan fingerprint density at radius 2 is 2.12 bits per heavy atom. The molecule has 0 saturated carbocycles. The van der Waals surface area contributed by atoms with Gasteiger partial charge in [0.15, 0.2) is 5.13 Å². The summed E-state index contributed by atoms with van der Waals surface area (Å²) in [6.07, 6.45) is 2.05. The number of anilines is 2. The summed E-state index contributed by atoms with van der Waals surface area (Å²) < 4.78 is 0. The van der Waals surface area contributed by atoms with Gasteiger partial charge in [-0.2, -0.15) is 0 Å². The van der Waals surface area contributed by atoms with Crippen LogP contribution in [0, 0.1) is 10.1 Å². The maximum atomic E-state index is 12.5. The van der Waals surface area contributed by atoms with Crippen LogP contribution in [0.4, 0.5) is 16.5 Å². The van der Waals surface area contributed by atoms with Crippen LogP contribution in [0.2, 0.25) is 0 Å². The van der Waals surface area contributed by atoms with E-state index >= 15 is 0 Å². The number of nitrogens with zero attached hydrogens (tertiary/aromatic N) is 4. The molecule has 1 N–H and O–H groups in total. The van der Waals surface area contributed by atoms with Crippen LogP contribution >= 0.6 is 11.3 Å². The number of benzene rings is 1. The van der Waals surface area contributed by atoms with Crippen molar-refractivity contribution in [2.24, 2.45) is 0 Å². The fourth-order valence-electron chi connectivity index (χ4n) is 2.97. The van der Waals surface area contributed by atoms with E-state index in [1.165, 1.54) is 17.4 Å². The van der Waals surface area contributed by atoms with Crippen LogP contribution in [0.5, 0.6) is 0 Å². The minimum absolute atomic E-state index is 0.0352. The minimum atomic E-state index is -0.428. The molecular formula is C17H21N5O3S. The molecular weight excluding hydrogens is 354 g/mol. The molecule has 2 aromatic rings. The number of nitro benzene ring substituents is 1. The van der Waals surface area contributed by atoms with E-state index in [1.54, 1.807) is 12.1 Å². The van der Waals surface area contributed by atoms with Crippen LogP contribution in [0.25, 0.3) is 0 Å². The van der Waals surface area contributed by atoms with E-state index in [2.05, 4.69) is 10.3 Å². The summed E-state index contributed by atoms with van der Waals surface area (Å²) in [5.41, 5.74) is 1.66. The molecule has 3 rings (SSSR count). The number of nitrogens with one attached hydrogen (secondary N) is 1. The van der Waals surface area contributed by atoms with Crippen molar-refractivity contribution in [3.63, 3.8) is 0 Å². The first-order valence-corrected chi connectivity index (χ1v) is 9.26. The molecule has 8 nitrogen and oxygen atoms in total. The zero-order valence-corrected chi connectivity index (χ0v) is 15.6. The molecule has 0 radical (unpaired) electrons. The first-order valence-electron chi connectivity index (χ1n) is 8.38. The first-order chi connectivity index (χ1) is 12.4. The lowest BCUT2D eigenvalue weighted by Crippen LogP contribution is -2.19. The topological polar surface area (TPSA) is 91.6 Å². The molecule has 1 amide bonds. The van der Waals surface area contributed by atoms with Gasteiger partial charge in [0.05, 0.1) is 10.6 Å². The average molecular weight is 375 g/mol. The second-order valence-corrected chi connectivity index (χ2v) is 7.35. The highest BCUT2D eigenvalue weighted by molar-refractivity contribution is 7.13. The smallest absolute Gasteiger partial charge is 0.293 e. The normalized spacial score (nSPS) is 14.0. The molecule has 1 aromatic carbocycles. The molecule has 0 bridgehead atoms. The maximum Gasteiger partial charge on any atom is 0.293 e. The third kappa shape index (κ3) is 4.17. The summed E-state index contributed by atoms with van der Waals surface area (Å²) in [6.45, 7) is 2.29. The number of carbonyl (C=O) groups is 1. The molecule has 0 aliphatic carbocycles. The third-order valence-electron chi connectivity index (χ3n) is 4.13. The van der Waals surface area contributed by atoms with Gasteiger partial charge in [-0.15, -0.1) is 11.3 Å². The quantitative estimate of drug-likeness (QED) is 0.616. The van der Waals surface area contributed by atoms with Gasteiger partial charge in [0.2, 0.25) is 0 Å². The predicted octanol–water partition coefficient (Wildman–Crippen LogP) is 2.97.